The average Bonchev–Trinajstić information content (AvgIpc) is 1.34. The van der Waals surface area contributed by atoms with Crippen molar-refractivity contribution in [2.45, 2.75) is 33.1 Å². The van der Waals surface area contributed by atoms with Gasteiger partial charge in [0.15, 0.2) is 11.6 Å². The quantitative estimate of drug-likeness (QED) is 0.121. The van der Waals surface area contributed by atoms with Crippen molar-refractivity contribution in [2.24, 2.45) is 0 Å². The highest BCUT2D eigenvalue weighted by Crippen LogP contribution is 2.52. The summed E-state index contributed by atoms with van der Waals surface area (Å²) in [5.41, 5.74) is 31.0. The Hall–Kier alpha value is -14.7. The molecule has 17 aromatic carbocycles. The number of hydrogen-bond donors (Lipinski definition) is 0. The molecule has 0 aliphatic heterocycles. The minimum absolute atomic E-state index is 0. The molecule has 0 saturated carbocycles. The predicted molar refractivity (Wildman–Crippen MR) is 476 cm³/mol. The van der Waals surface area contributed by atoms with Gasteiger partial charge in [0, 0.05) is 83.3 Å². The molecule has 0 bridgehead atoms. The number of nitrogens with zero attached hydrogens (tertiary/aromatic N) is 6. The molecule has 0 N–H and O–H groups in total. The maximum atomic E-state index is 6.69. The van der Waals surface area contributed by atoms with Crippen molar-refractivity contribution in [2.75, 3.05) is 9.80 Å². The van der Waals surface area contributed by atoms with Crippen LogP contribution in [0.3, 0.4) is 0 Å². The molecule has 2 aliphatic rings. The van der Waals surface area contributed by atoms with Crippen LogP contribution in [0.4, 0.5) is 34.1 Å². The fourth-order valence-electron chi connectivity index (χ4n) is 17.3. The van der Waals surface area contributed by atoms with Crippen LogP contribution in [0.1, 0.15) is 43.5 Å². The minimum atomic E-state index is -0.113. The Labute approximate surface area is 662 Å². The third kappa shape index (κ3) is 12.1. The van der Waals surface area contributed by atoms with Crippen LogP contribution in [0.25, 0.3) is 155 Å². The second-order valence-corrected chi connectivity index (χ2v) is 30.0. The molecule has 0 unspecified atom stereocenters. The first-order valence-electron chi connectivity index (χ1n) is 38.7. The van der Waals surface area contributed by atoms with E-state index in [4.69, 9.17) is 24.4 Å². The summed E-state index contributed by atoms with van der Waals surface area (Å²) in [6.45, 7) is 4.66. The van der Waals surface area contributed by atoms with Gasteiger partial charge in [0.25, 0.3) is 0 Å². The van der Waals surface area contributed by atoms with E-state index in [0.717, 1.165) is 118 Å². The lowest BCUT2D eigenvalue weighted by Gasteiger charge is -2.28. The maximum Gasteiger partial charge on any atom is 0.160 e. The maximum absolute atomic E-state index is 6.69. The van der Waals surface area contributed by atoms with Crippen molar-refractivity contribution < 1.29 is 4.42 Å². The molecule has 2 aliphatic carbocycles. The van der Waals surface area contributed by atoms with Crippen molar-refractivity contribution in [3.05, 3.63) is 411 Å². The first-order chi connectivity index (χ1) is 55.7. The highest BCUT2D eigenvalue weighted by atomic mass is 16.3. The lowest BCUT2D eigenvalue weighted by molar-refractivity contribution is 0.660. The third-order valence-electron chi connectivity index (χ3n) is 22.9. The van der Waals surface area contributed by atoms with E-state index in [1.165, 1.54) is 88.5 Å². The summed E-state index contributed by atoms with van der Waals surface area (Å²) in [6.07, 6.45) is 0.878. The fraction of sp³-hybridized carbons (Fsp3) is 0.0467. The molecule has 20 aromatic rings. The van der Waals surface area contributed by atoms with E-state index in [-0.39, 0.29) is 12.8 Å². The molecule has 0 radical (unpaired) electrons. The number of hydrogen-bond acceptors (Lipinski definition) is 7. The number of fused-ring (bicyclic) bond motifs is 13. The Balaban J connectivity index is 0.000000147. The molecule has 7 heteroatoms. The van der Waals surface area contributed by atoms with E-state index in [1.54, 1.807) is 0 Å². The number of anilines is 6. The normalized spacial score (nSPS) is 12.3. The largest absolute Gasteiger partial charge is 0.455 e. The third-order valence-corrected chi connectivity index (χ3v) is 22.9. The molecule has 0 spiro atoms. The van der Waals surface area contributed by atoms with Crippen LogP contribution in [-0.4, -0.2) is 19.9 Å². The van der Waals surface area contributed by atoms with Gasteiger partial charge >= 0.3 is 0 Å². The van der Waals surface area contributed by atoms with Gasteiger partial charge in [-0.2, -0.15) is 0 Å². The van der Waals surface area contributed by atoms with Crippen molar-refractivity contribution in [1.82, 2.24) is 19.9 Å². The van der Waals surface area contributed by atoms with Crippen LogP contribution in [0.5, 0.6) is 0 Å². The van der Waals surface area contributed by atoms with Crippen molar-refractivity contribution in [1.29, 1.82) is 0 Å². The minimum Gasteiger partial charge on any atom is -0.455 e. The molecule has 7 nitrogen and oxygen atoms in total. The van der Waals surface area contributed by atoms with Crippen molar-refractivity contribution in [3.63, 3.8) is 0 Å². The van der Waals surface area contributed by atoms with E-state index in [0.29, 0.717) is 11.6 Å². The summed E-state index contributed by atoms with van der Waals surface area (Å²) in [4.78, 5) is 25.7. The van der Waals surface area contributed by atoms with Gasteiger partial charge in [-0.25, -0.2) is 19.9 Å². The number of furan rings is 1. The summed E-state index contributed by atoms with van der Waals surface area (Å²) < 4.78 is 6.69. The molecule has 0 fully saturated rings. The van der Waals surface area contributed by atoms with Crippen LogP contribution < -0.4 is 9.80 Å². The number of para-hydroxylation sites is 4. The van der Waals surface area contributed by atoms with Gasteiger partial charge in [-0.15, -0.1) is 0 Å². The molecule has 0 amide bonds. The summed E-state index contributed by atoms with van der Waals surface area (Å²) >= 11 is 0. The predicted octanol–water partition coefficient (Wildman–Crippen LogP) is 28.9. The Bertz CT molecular complexity index is 7020. The van der Waals surface area contributed by atoms with Gasteiger partial charge in [-0.1, -0.05) is 288 Å². The van der Waals surface area contributed by atoms with Gasteiger partial charge in [0.05, 0.1) is 22.4 Å². The molecular weight excluding hydrogens is 1390 g/mol. The van der Waals surface area contributed by atoms with E-state index >= 15 is 0 Å². The summed E-state index contributed by atoms with van der Waals surface area (Å²) in [6, 6.07) is 138. The SMILES string of the molecule is C.CC1(C)c2ccccc2-c2ccc(N(c3ccccc3)c3cccc(-c4nc(-c5cccc6c5oc5cc7ccccc7cc56)c5ccccc5n4)c3)cc21.c1ccc(-c2ccc(N(c3ccc(-c4ccccc4)cc3)c3ccc(-c4nc(-c5cccc6c5Cc5cc7ccccc7cc5-6)c5ccccc5n4)cc3)cc2)cc1. The summed E-state index contributed by atoms with van der Waals surface area (Å²) in [5.74, 6) is 1.37. The second-order valence-electron chi connectivity index (χ2n) is 30.0. The second kappa shape index (κ2) is 28.3. The molecule has 22 rings (SSSR count). The first-order valence-corrected chi connectivity index (χ1v) is 38.7. The zero-order valence-corrected chi connectivity index (χ0v) is 62.2. The van der Waals surface area contributed by atoms with E-state index < -0.39 is 0 Å². The molecule has 3 heterocycles. The number of benzene rings is 17. The zero-order chi connectivity index (χ0) is 75.1. The van der Waals surface area contributed by atoms with Gasteiger partial charge in [0.1, 0.15) is 11.2 Å². The van der Waals surface area contributed by atoms with Crippen molar-refractivity contribution >= 4 is 99.4 Å². The highest BCUT2D eigenvalue weighted by molar-refractivity contribution is 6.15. The Kier molecular flexibility index (Phi) is 17.1. The van der Waals surface area contributed by atoms with Crippen LogP contribution >= 0.6 is 0 Å². The molecule has 0 saturated heterocycles. The fourth-order valence-corrected chi connectivity index (χ4v) is 17.3. The lowest BCUT2D eigenvalue weighted by atomic mass is 9.82. The average molecular weight is 1460 g/mol. The van der Waals surface area contributed by atoms with Crippen LogP contribution in [0, 0.1) is 0 Å². The molecule has 3 aromatic heterocycles. The Morgan fingerprint density at radius 2 is 0.693 bits per heavy atom. The van der Waals surface area contributed by atoms with E-state index in [2.05, 4.69) is 406 Å². The molecule has 114 heavy (non-hydrogen) atoms. The molecule has 0 atom stereocenters. The van der Waals surface area contributed by atoms with Gasteiger partial charge in [-0.05, 0) is 216 Å². The standard InChI is InChI=1S/C55H37N3.C51H35N3O.CH4/c1-3-12-37(13-4-1)39-22-28-45(29-23-39)58(46-30-24-40(25-31-46)38-14-5-2-6-15-38)47-32-26-41(27-33-47)55-56-53-21-10-9-18-50(53)54(57-55)49-20-11-19-48-51-35-43-17-8-7-16-42(43)34-44(51)36-52(48)49;1-51(2)44-24-10-8-20-38(44)39-27-26-37(31-45(39)51)54(35-17-4-3-5-18-35)36-19-12-16-34(28-36)50-52-46-25-11-9-21-41(46)48(53-50)42-23-13-22-40-43-29-32-14-6-7-15-33(32)30-47(43)55-49(40)42;/h1-35H,36H2;3-31H,1-2H3;1H4. The van der Waals surface area contributed by atoms with E-state index in [9.17, 15) is 0 Å². The van der Waals surface area contributed by atoms with Gasteiger partial charge in [0.2, 0.25) is 0 Å². The monoisotopic (exact) mass is 1460 g/mol. The highest BCUT2D eigenvalue weighted by Gasteiger charge is 2.36. The van der Waals surface area contributed by atoms with E-state index in [1.807, 2.05) is 6.07 Å². The van der Waals surface area contributed by atoms with Crippen LogP contribution in [0.2, 0.25) is 0 Å². The lowest BCUT2D eigenvalue weighted by Crippen LogP contribution is -2.16. The Morgan fingerprint density at radius 3 is 1.34 bits per heavy atom. The summed E-state index contributed by atoms with van der Waals surface area (Å²) in [5, 5.41) is 9.10. The first kappa shape index (κ1) is 68.6. The molecular formula is C107H76N6O. The van der Waals surface area contributed by atoms with Gasteiger partial charge in [-0.3, -0.25) is 0 Å². The van der Waals surface area contributed by atoms with Crippen molar-refractivity contribution in [3.8, 4) is 89.8 Å². The number of rotatable bonds is 12. The van der Waals surface area contributed by atoms with Crippen LogP contribution in [-0.2, 0) is 11.8 Å². The smallest absolute Gasteiger partial charge is 0.160 e. The summed E-state index contributed by atoms with van der Waals surface area (Å²) in [7, 11) is 0. The molecule has 540 valence electrons. The number of aromatic nitrogens is 4. The van der Waals surface area contributed by atoms with Gasteiger partial charge < -0.3 is 14.2 Å². The zero-order valence-electron chi connectivity index (χ0n) is 62.2. The topological polar surface area (TPSA) is 71.2 Å². The van der Waals surface area contributed by atoms with Crippen LogP contribution in [0.15, 0.2) is 393 Å². The Morgan fingerprint density at radius 1 is 0.272 bits per heavy atom.